The molecule has 1 N–H and O–H groups in total. The van der Waals surface area contributed by atoms with Crippen molar-refractivity contribution in [2.24, 2.45) is 0 Å². The van der Waals surface area contributed by atoms with E-state index < -0.39 is 10.0 Å². The molecule has 0 aliphatic carbocycles. The van der Waals surface area contributed by atoms with Crippen molar-refractivity contribution >= 4 is 38.2 Å². The van der Waals surface area contributed by atoms with Gasteiger partial charge in [-0.05, 0) is 62.6 Å². The number of aromatic nitrogens is 3. The molecule has 0 aliphatic heterocycles. The number of fused-ring (bicyclic) bond motifs is 3. The van der Waals surface area contributed by atoms with Crippen LogP contribution in [0.15, 0.2) is 47.4 Å². The Morgan fingerprint density at radius 2 is 1.82 bits per heavy atom. The number of amides is 1. The van der Waals surface area contributed by atoms with Crippen LogP contribution >= 0.6 is 0 Å². The van der Waals surface area contributed by atoms with E-state index in [1.54, 1.807) is 19.1 Å². The van der Waals surface area contributed by atoms with Crippen molar-refractivity contribution in [3.63, 3.8) is 0 Å². The summed E-state index contributed by atoms with van der Waals surface area (Å²) in [6.45, 7) is 5.66. The van der Waals surface area contributed by atoms with Crippen molar-refractivity contribution < 1.29 is 13.2 Å². The number of nitrogens with one attached hydrogen (secondary N) is 1. The molecule has 0 atom stereocenters. The molecule has 2 heterocycles. The number of nitrogens with zero attached hydrogens (tertiary/aromatic N) is 4. The summed E-state index contributed by atoms with van der Waals surface area (Å²) in [5.74, 6) is -0.198. The molecule has 0 saturated heterocycles. The Labute approximate surface area is 193 Å². The number of hydrogen-bond acceptors (Lipinski definition) is 5. The molecule has 0 aliphatic rings. The topological polar surface area (TPSA) is 96.7 Å². The van der Waals surface area contributed by atoms with Crippen LogP contribution in [0.3, 0.4) is 0 Å². The van der Waals surface area contributed by atoms with E-state index in [1.807, 2.05) is 42.6 Å². The lowest BCUT2D eigenvalue weighted by molar-refractivity contribution is -0.116. The average Bonchev–Trinajstić information content (AvgIpc) is 3.13. The normalized spacial score (nSPS) is 12.1. The molecule has 0 fully saturated rings. The van der Waals surface area contributed by atoms with Crippen LogP contribution in [0.4, 0.5) is 5.69 Å². The van der Waals surface area contributed by atoms with Crippen LogP contribution in [0.2, 0.25) is 0 Å². The molecule has 4 aromatic rings. The van der Waals surface area contributed by atoms with E-state index in [2.05, 4.69) is 10.4 Å². The number of carbonyl (C=O) groups is 1. The smallest absolute Gasteiger partial charge is 0.242 e. The number of rotatable bonds is 6. The van der Waals surface area contributed by atoms with Crippen molar-refractivity contribution in [2.75, 3.05) is 19.4 Å². The number of anilines is 1. The second kappa shape index (κ2) is 8.57. The zero-order chi connectivity index (χ0) is 23.9. The Bertz CT molecular complexity index is 1490. The molecule has 0 saturated carbocycles. The van der Waals surface area contributed by atoms with Crippen LogP contribution in [0.25, 0.3) is 16.6 Å². The summed E-state index contributed by atoms with van der Waals surface area (Å²) in [7, 11) is -0.632. The van der Waals surface area contributed by atoms with Crippen molar-refractivity contribution in [1.82, 2.24) is 18.9 Å². The predicted molar refractivity (Wildman–Crippen MR) is 129 cm³/mol. The fourth-order valence-electron chi connectivity index (χ4n) is 3.95. The molecule has 9 heteroatoms. The van der Waals surface area contributed by atoms with Gasteiger partial charge in [-0.1, -0.05) is 18.2 Å². The van der Waals surface area contributed by atoms with Gasteiger partial charge < -0.3 is 5.32 Å². The predicted octanol–water partition coefficient (Wildman–Crippen LogP) is 3.63. The fraction of sp³-hybridized carbons (Fsp3) is 0.292. The van der Waals surface area contributed by atoms with Gasteiger partial charge in [-0.3, -0.25) is 4.79 Å². The third kappa shape index (κ3) is 4.21. The molecule has 1 amide bonds. The van der Waals surface area contributed by atoms with Crippen LogP contribution in [-0.2, 0) is 21.2 Å². The van der Waals surface area contributed by atoms with Gasteiger partial charge in [0.05, 0.1) is 10.4 Å². The van der Waals surface area contributed by atoms with E-state index >= 15 is 0 Å². The third-order valence-corrected chi connectivity index (χ3v) is 7.81. The summed E-state index contributed by atoms with van der Waals surface area (Å²) < 4.78 is 28.1. The molecule has 2 aromatic heterocycles. The van der Waals surface area contributed by atoms with Gasteiger partial charge >= 0.3 is 0 Å². The minimum Gasteiger partial charge on any atom is -0.326 e. The lowest BCUT2D eigenvalue weighted by Crippen LogP contribution is -2.23. The summed E-state index contributed by atoms with van der Waals surface area (Å²) in [5.41, 5.74) is 5.56. The van der Waals surface area contributed by atoms with Crippen molar-refractivity contribution in [1.29, 1.82) is 0 Å². The molecule has 2 aromatic carbocycles. The maximum absolute atomic E-state index is 12.7. The average molecular weight is 466 g/mol. The summed E-state index contributed by atoms with van der Waals surface area (Å²) in [6, 6.07) is 12.8. The number of sulfonamides is 1. The number of hydrogen-bond donors (Lipinski definition) is 1. The Morgan fingerprint density at radius 1 is 1.09 bits per heavy atom. The SMILES string of the molecule is Cc1ccc(NC(=O)CCc2c(C)nc3c4ccccc4nn3c2C)cc1S(=O)(=O)N(C)C. The monoisotopic (exact) mass is 465 g/mol. The fourth-order valence-corrected chi connectivity index (χ4v) is 5.10. The van der Waals surface area contributed by atoms with E-state index in [9.17, 15) is 13.2 Å². The van der Waals surface area contributed by atoms with E-state index in [4.69, 9.17) is 4.98 Å². The third-order valence-electron chi connectivity index (χ3n) is 5.85. The van der Waals surface area contributed by atoms with Gasteiger partial charge in [0.1, 0.15) is 0 Å². The number of aryl methyl sites for hydroxylation is 3. The summed E-state index contributed by atoms with van der Waals surface area (Å²) in [6.07, 6.45) is 0.733. The van der Waals surface area contributed by atoms with E-state index in [-0.39, 0.29) is 17.2 Å². The lowest BCUT2D eigenvalue weighted by atomic mass is 10.1. The van der Waals surface area contributed by atoms with Crippen molar-refractivity contribution in [3.05, 3.63) is 65.0 Å². The van der Waals surface area contributed by atoms with Crippen LogP contribution in [-0.4, -0.2) is 47.3 Å². The second-order valence-corrected chi connectivity index (χ2v) is 10.4. The second-order valence-electron chi connectivity index (χ2n) is 8.33. The van der Waals surface area contributed by atoms with Crippen molar-refractivity contribution in [3.8, 4) is 0 Å². The zero-order valence-electron chi connectivity index (χ0n) is 19.4. The first-order valence-corrected chi connectivity index (χ1v) is 12.1. The van der Waals surface area contributed by atoms with E-state index in [1.165, 1.54) is 20.2 Å². The van der Waals surface area contributed by atoms with Gasteiger partial charge in [0.15, 0.2) is 5.65 Å². The summed E-state index contributed by atoms with van der Waals surface area (Å²) in [4.78, 5) is 17.6. The van der Waals surface area contributed by atoms with Crippen molar-refractivity contribution in [2.45, 2.75) is 38.5 Å². The highest BCUT2D eigenvalue weighted by atomic mass is 32.2. The summed E-state index contributed by atoms with van der Waals surface area (Å²) in [5, 5.41) is 8.48. The molecule has 33 heavy (non-hydrogen) atoms. The Morgan fingerprint density at radius 3 is 2.55 bits per heavy atom. The van der Waals surface area contributed by atoms with Gasteiger partial charge in [-0.15, -0.1) is 0 Å². The van der Waals surface area contributed by atoms with Gasteiger partial charge in [-0.2, -0.15) is 5.10 Å². The molecule has 0 bridgehead atoms. The molecule has 0 spiro atoms. The lowest BCUT2D eigenvalue weighted by Gasteiger charge is -2.15. The first-order valence-electron chi connectivity index (χ1n) is 10.7. The molecular weight excluding hydrogens is 438 g/mol. The van der Waals surface area contributed by atoms with Gasteiger partial charge in [-0.25, -0.2) is 22.2 Å². The molecule has 8 nitrogen and oxygen atoms in total. The molecule has 0 radical (unpaired) electrons. The Hall–Kier alpha value is -3.30. The quantitative estimate of drug-likeness (QED) is 0.469. The summed E-state index contributed by atoms with van der Waals surface area (Å²) >= 11 is 0. The maximum atomic E-state index is 12.7. The Balaban J connectivity index is 1.55. The van der Waals surface area contributed by atoms with E-state index in [0.717, 1.165) is 37.8 Å². The number of carbonyl (C=O) groups excluding carboxylic acids is 1. The highest BCUT2D eigenvalue weighted by Gasteiger charge is 2.21. The minimum atomic E-state index is -3.60. The first-order chi connectivity index (χ1) is 15.6. The Kier molecular flexibility index (Phi) is 5.94. The van der Waals surface area contributed by atoms with E-state index in [0.29, 0.717) is 17.7 Å². The highest BCUT2D eigenvalue weighted by molar-refractivity contribution is 7.89. The van der Waals surface area contributed by atoms with Crippen LogP contribution in [0, 0.1) is 20.8 Å². The molecular formula is C24H27N5O3S. The largest absolute Gasteiger partial charge is 0.326 e. The zero-order valence-corrected chi connectivity index (χ0v) is 20.2. The first kappa shape index (κ1) is 22.9. The molecule has 0 unspecified atom stereocenters. The number of benzene rings is 2. The van der Waals surface area contributed by atoms with Gasteiger partial charge in [0, 0.05) is 43.0 Å². The molecule has 4 rings (SSSR count). The maximum Gasteiger partial charge on any atom is 0.242 e. The van der Waals surface area contributed by atoms with Crippen LogP contribution in [0.5, 0.6) is 0 Å². The standard InChI is InChI=1S/C24H27N5O3S/c1-15-10-11-18(14-22(15)33(31,32)28(4)5)26-23(30)13-12-19-16(2)25-24-20-8-6-7-9-21(20)27-29(24)17(19)3/h6-11,14H,12-13H2,1-5H3,(H,26,30). The van der Waals surface area contributed by atoms with Gasteiger partial charge in [0.2, 0.25) is 15.9 Å². The highest BCUT2D eigenvalue weighted by Crippen LogP contribution is 2.24. The van der Waals surface area contributed by atoms with Gasteiger partial charge in [0.25, 0.3) is 0 Å². The van der Waals surface area contributed by atoms with Crippen LogP contribution < -0.4 is 5.32 Å². The van der Waals surface area contributed by atoms with Crippen LogP contribution in [0.1, 0.15) is 28.9 Å². The molecule has 172 valence electrons. The minimum absolute atomic E-state index is 0.178.